The number of imide groups is 1. The molecule has 1 aromatic rings. The first-order valence-corrected chi connectivity index (χ1v) is 5.73. The van der Waals surface area contributed by atoms with Gasteiger partial charge in [-0.2, -0.15) is 0 Å². The smallest absolute Gasteiger partial charge is 0.322 e. The van der Waals surface area contributed by atoms with Crippen LogP contribution < -0.4 is 10.6 Å². The quantitative estimate of drug-likeness (QED) is 0.717. The van der Waals surface area contributed by atoms with Gasteiger partial charge in [0, 0.05) is 13.1 Å². The second kappa shape index (κ2) is 5.09. The molecule has 1 fully saturated rings. The van der Waals surface area contributed by atoms with Crippen LogP contribution in [-0.4, -0.2) is 41.0 Å². The summed E-state index contributed by atoms with van der Waals surface area (Å²) in [7, 11) is 1.60. The highest BCUT2D eigenvalue weighted by molar-refractivity contribution is 6.05. The van der Waals surface area contributed by atoms with Crippen molar-refractivity contribution < 1.29 is 18.9 Å². The lowest BCUT2D eigenvalue weighted by atomic mass is 10.2. The molecular formula is C11H14N4O4. The van der Waals surface area contributed by atoms with Gasteiger partial charge in [0.15, 0.2) is 0 Å². The molecule has 2 heterocycles. The molecule has 0 aromatic carbocycles. The Hall–Kier alpha value is -2.38. The van der Waals surface area contributed by atoms with Crippen molar-refractivity contribution in [3.05, 3.63) is 17.5 Å². The first-order chi connectivity index (χ1) is 8.95. The van der Waals surface area contributed by atoms with Gasteiger partial charge >= 0.3 is 6.03 Å². The molecule has 1 unspecified atom stereocenters. The van der Waals surface area contributed by atoms with Crippen molar-refractivity contribution in [3.63, 3.8) is 0 Å². The summed E-state index contributed by atoms with van der Waals surface area (Å²) >= 11 is 0. The molecule has 0 saturated carbocycles. The van der Waals surface area contributed by atoms with Gasteiger partial charge in [-0.3, -0.25) is 14.9 Å². The van der Waals surface area contributed by atoms with E-state index in [0.29, 0.717) is 18.0 Å². The third-order valence-corrected chi connectivity index (χ3v) is 2.74. The van der Waals surface area contributed by atoms with Gasteiger partial charge in [0.1, 0.15) is 17.5 Å². The van der Waals surface area contributed by atoms with E-state index in [4.69, 9.17) is 4.52 Å². The lowest BCUT2D eigenvalue weighted by molar-refractivity contribution is -0.133. The van der Waals surface area contributed by atoms with Crippen LogP contribution in [0.4, 0.5) is 4.79 Å². The molecule has 0 radical (unpaired) electrons. The van der Waals surface area contributed by atoms with E-state index in [1.807, 2.05) is 0 Å². The van der Waals surface area contributed by atoms with Gasteiger partial charge in [-0.1, -0.05) is 5.16 Å². The monoisotopic (exact) mass is 266 g/mol. The Labute approximate surface area is 109 Å². The number of rotatable bonds is 4. The number of aryl methyl sites for hydroxylation is 1. The largest absolute Gasteiger partial charge is 0.361 e. The molecule has 0 bridgehead atoms. The van der Waals surface area contributed by atoms with Crippen LogP contribution >= 0.6 is 0 Å². The number of hydrogen-bond donors (Lipinski definition) is 2. The van der Waals surface area contributed by atoms with E-state index < -0.39 is 18.0 Å². The van der Waals surface area contributed by atoms with Gasteiger partial charge in [0.2, 0.25) is 5.91 Å². The topological polar surface area (TPSA) is 105 Å². The van der Waals surface area contributed by atoms with E-state index in [1.165, 1.54) is 4.90 Å². The zero-order valence-corrected chi connectivity index (χ0v) is 10.6. The third-order valence-electron chi connectivity index (χ3n) is 2.74. The van der Waals surface area contributed by atoms with Crippen LogP contribution in [0.25, 0.3) is 0 Å². The molecule has 4 amide bonds. The van der Waals surface area contributed by atoms with E-state index in [2.05, 4.69) is 15.8 Å². The number of nitrogens with one attached hydrogen (secondary N) is 2. The summed E-state index contributed by atoms with van der Waals surface area (Å²) in [5.41, 5.74) is 0.633. The van der Waals surface area contributed by atoms with Crippen LogP contribution in [0.2, 0.25) is 0 Å². The minimum Gasteiger partial charge on any atom is -0.361 e. The van der Waals surface area contributed by atoms with Crippen molar-refractivity contribution >= 4 is 17.8 Å². The molecular weight excluding hydrogens is 252 g/mol. The molecule has 0 spiro atoms. The normalized spacial score (nSPS) is 18.1. The van der Waals surface area contributed by atoms with Gasteiger partial charge in [-0.05, 0) is 6.92 Å². The maximum atomic E-state index is 11.9. The Kier molecular flexibility index (Phi) is 3.50. The van der Waals surface area contributed by atoms with Crippen LogP contribution in [0.3, 0.4) is 0 Å². The summed E-state index contributed by atoms with van der Waals surface area (Å²) in [5, 5.41) is 8.23. The predicted molar refractivity (Wildman–Crippen MR) is 62.8 cm³/mol. The van der Waals surface area contributed by atoms with Crippen molar-refractivity contribution in [2.45, 2.75) is 25.9 Å². The molecule has 0 aliphatic carbocycles. The molecule has 2 rings (SSSR count). The Morgan fingerprint density at radius 1 is 1.53 bits per heavy atom. The minimum absolute atomic E-state index is 0.0785. The Morgan fingerprint density at radius 3 is 2.79 bits per heavy atom. The zero-order chi connectivity index (χ0) is 14.0. The average molecular weight is 266 g/mol. The number of carbonyl (C=O) groups excluding carboxylic acids is 3. The van der Waals surface area contributed by atoms with E-state index in [9.17, 15) is 14.4 Å². The van der Waals surface area contributed by atoms with E-state index >= 15 is 0 Å². The summed E-state index contributed by atoms with van der Waals surface area (Å²) in [6.45, 7) is 2.05. The maximum Gasteiger partial charge on any atom is 0.322 e. The standard InChI is InChI=1S/C11H14N4O4/c1-6-3-7(14-19-6)5-15(2)9(16)4-8-10(17)13-11(18)12-8/h3,8H,4-5H2,1-2H3,(H2,12,13,17,18). The molecule has 8 nitrogen and oxygen atoms in total. The second-order valence-electron chi connectivity index (χ2n) is 4.40. The fraction of sp³-hybridized carbons (Fsp3) is 0.455. The average Bonchev–Trinajstić information content (AvgIpc) is 2.85. The molecule has 8 heteroatoms. The number of nitrogens with zero attached hydrogens (tertiary/aromatic N) is 2. The van der Waals surface area contributed by atoms with Gasteiger partial charge in [0.05, 0.1) is 13.0 Å². The van der Waals surface area contributed by atoms with Crippen LogP contribution in [0.5, 0.6) is 0 Å². The van der Waals surface area contributed by atoms with E-state index in [0.717, 1.165) is 0 Å². The van der Waals surface area contributed by atoms with Crippen molar-refractivity contribution in [1.29, 1.82) is 0 Å². The highest BCUT2D eigenvalue weighted by Gasteiger charge is 2.32. The van der Waals surface area contributed by atoms with Crippen LogP contribution in [0, 0.1) is 6.92 Å². The van der Waals surface area contributed by atoms with Gasteiger partial charge in [0.25, 0.3) is 5.91 Å². The second-order valence-corrected chi connectivity index (χ2v) is 4.40. The number of aromatic nitrogens is 1. The molecule has 1 aliphatic heterocycles. The molecule has 102 valence electrons. The van der Waals surface area contributed by atoms with Crippen LogP contribution in [-0.2, 0) is 16.1 Å². The number of carbonyl (C=O) groups is 3. The van der Waals surface area contributed by atoms with Gasteiger partial charge in [-0.15, -0.1) is 0 Å². The summed E-state index contributed by atoms with van der Waals surface area (Å²) in [4.78, 5) is 35.6. The van der Waals surface area contributed by atoms with Crippen molar-refractivity contribution in [1.82, 2.24) is 20.7 Å². The van der Waals surface area contributed by atoms with Crippen LogP contribution in [0.1, 0.15) is 17.9 Å². The number of hydrogen-bond acceptors (Lipinski definition) is 5. The predicted octanol–water partition coefficient (Wildman–Crippen LogP) is -0.460. The summed E-state index contributed by atoms with van der Waals surface area (Å²) in [6, 6.07) is 0.354. The molecule has 1 aliphatic rings. The first kappa shape index (κ1) is 13.1. The lowest BCUT2D eigenvalue weighted by Crippen LogP contribution is -2.37. The summed E-state index contributed by atoms with van der Waals surface area (Å²) in [6.07, 6.45) is -0.0785. The highest BCUT2D eigenvalue weighted by Crippen LogP contribution is 2.07. The molecule has 1 saturated heterocycles. The molecule has 19 heavy (non-hydrogen) atoms. The number of amides is 4. The van der Waals surface area contributed by atoms with Crippen molar-refractivity contribution in [2.24, 2.45) is 0 Å². The Bertz CT molecular complexity index is 525. The third kappa shape index (κ3) is 3.09. The fourth-order valence-electron chi connectivity index (χ4n) is 1.76. The van der Waals surface area contributed by atoms with E-state index in [1.54, 1.807) is 20.0 Å². The van der Waals surface area contributed by atoms with Crippen molar-refractivity contribution in [3.8, 4) is 0 Å². The molecule has 1 atom stereocenters. The first-order valence-electron chi connectivity index (χ1n) is 5.73. The Morgan fingerprint density at radius 2 is 2.26 bits per heavy atom. The fourth-order valence-corrected chi connectivity index (χ4v) is 1.76. The van der Waals surface area contributed by atoms with Gasteiger partial charge < -0.3 is 14.7 Å². The highest BCUT2D eigenvalue weighted by atomic mass is 16.5. The Balaban J connectivity index is 1.89. The lowest BCUT2D eigenvalue weighted by Gasteiger charge is -2.17. The van der Waals surface area contributed by atoms with Crippen molar-refractivity contribution in [2.75, 3.05) is 7.05 Å². The van der Waals surface area contributed by atoms with Gasteiger partial charge in [-0.25, -0.2) is 4.79 Å². The van der Waals surface area contributed by atoms with Crippen LogP contribution in [0.15, 0.2) is 10.6 Å². The molecule has 1 aromatic heterocycles. The maximum absolute atomic E-state index is 11.9. The molecule has 2 N–H and O–H groups in total. The SMILES string of the molecule is Cc1cc(CN(C)C(=O)CC2NC(=O)NC2=O)no1. The van der Waals surface area contributed by atoms with E-state index in [-0.39, 0.29) is 12.3 Å². The summed E-state index contributed by atoms with van der Waals surface area (Å²) in [5.74, 6) is -0.0784. The zero-order valence-electron chi connectivity index (χ0n) is 10.6. The number of urea groups is 1. The minimum atomic E-state index is -0.804. The summed E-state index contributed by atoms with van der Waals surface area (Å²) < 4.78 is 4.90.